The van der Waals surface area contributed by atoms with Crippen molar-refractivity contribution in [2.45, 2.75) is 38.5 Å². The van der Waals surface area contributed by atoms with Crippen molar-refractivity contribution in [3.05, 3.63) is 29.8 Å². The molecule has 0 aliphatic carbocycles. The summed E-state index contributed by atoms with van der Waals surface area (Å²) in [4.78, 5) is 25.3. The number of nitrogens with zero attached hydrogens (tertiary/aromatic N) is 1. The van der Waals surface area contributed by atoms with Crippen molar-refractivity contribution in [2.75, 3.05) is 27.3 Å². The maximum absolute atomic E-state index is 12.2. The van der Waals surface area contributed by atoms with Gasteiger partial charge in [-0.3, -0.25) is 9.59 Å². The Balaban J connectivity index is 1.79. The summed E-state index contributed by atoms with van der Waals surface area (Å²) >= 11 is 0. The summed E-state index contributed by atoms with van der Waals surface area (Å²) in [5.41, 5.74) is 1.27. The lowest BCUT2D eigenvalue weighted by Crippen LogP contribution is -2.40. The van der Waals surface area contributed by atoms with E-state index in [4.69, 9.17) is 4.74 Å². The van der Waals surface area contributed by atoms with Crippen LogP contribution in [0, 0.1) is 5.92 Å². The van der Waals surface area contributed by atoms with Crippen molar-refractivity contribution in [1.82, 2.24) is 4.90 Å². The first-order chi connectivity index (χ1) is 11.6. The minimum Gasteiger partial charge on any atom is -0.497 e. The first kappa shape index (κ1) is 18.3. The molecular weight excluding hydrogens is 306 g/mol. The van der Waals surface area contributed by atoms with Gasteiger partial charge >= 0.3 is 5.97 Å². The van der Waals surface area contributed by atoms with E-state index in [-0.39, 0.29) is 24.7 Å². The van der Waals surface area contributed by atoms with Crippen LogP contribution >= 0.6 is 0 Å². The van der Waals surface area contributed by atoms with Crippen LogP contribution in [0.15, 0.2) is 24.3 Å². The summed E-state index contributed by atoms with van der Waals surface area (Å²) in [6, 6.07) is 8.15. The molecule has 5 nitrogen and oxygen atoms in total. The second-order valence-corrected chi connectivity index (χ2v) is 6.31. The van der Waals surface area contributed by atoms with Gasteiger partial charge in [-0.25, -0.2) is 0 Å². The number of rotatable bonds is 7. The number of carbonyl (C=O) groups is 2. The Bertz CT molecular complexity index is 558. The largest absolute Gasteiger partial charge is 0.497 e. The van der Waals surface area contributed by atoms with Gasteiger partial charge in [0.25, 0.3) is 0 Å². The molecule has 24 heavy (non-hydrogen) atoms. The van der Waals surface area contributed by atoms with Crippen molar-refractivity contribution in [2.24, 2.45) is 5.92 Å². The number of likely N-dealkylation sites (tertiary alicyclic amines) is 1. The number of piperidine rings is 1. The maximum atomic E-state index is 12.2. The van der Waals surface area contributed by atoms with Gasteiger partial charge < -0.3 is 14.4 Å². The minimum absolute atomic E-state index is 0.0616. The number of hydrogen-bond acceptors (Lipinski definition) is 4. The summed E-state index contributed by atoms with van der Waals surface area (Å²) in [6.07, 6.45) is 4.66. The van der Waals surface area contributed by atoms with Gasteiger partial charge in [0.2, 0.25) is 5.91 Å². The number of hydrogen-bond donors (Lipinski definition) is 0. The van der Waals surface area contributed by atoms with Crippen molar-refractivity contribution < 1.29 is 19.1 Å². The van der Waals surface area contributed by atoms with E-state index in [2.05, 4.69) is 16.9 Å². The molecule has 1 amide bonds. The molecule has 1 aromatic carbocycles. The molecule has 0 spiro atoms. The Kier molecular flexibility index (Phi) is 7.09. The highest BCUT2D eigenvalue weighted by Gasteiger charge is 2.23. The van der Waals surface area contributed by atoms with Gasteiger partial charge in [-0.15, -0.1) is 0 Å². The lowest BCUT2D eigenvalue weighted by atomic mass is 9.91. The first-order valence-electron chi connectivity index (χ1n) is 8.60. The maximum Gasteiger partial charge on any atom is 0.306 e. The highest BCUT2D eigenvalue weighted by molar-refractivity contribution is 5.81. The third-order valence-electron chi connectivity index (χ3n) is 4.62. The molecule has 0 radical (unpaired) electrons. The summed E-state index contributed by atoms with van der Waals surface area (Å²) < 4.78 is 9.86. The fourth-order valence-electron chi connectivity index (χ4n) is 3.20. The molecule has 132 valence electrons. The molecule has 1 aliphatic rings. The number of benzene rings is 1. The van der Waals surface area contributed by atoms with Crippen LogP contribution in [0.4, 0.5) is 0 Å². The third kappa shape index (κ3) is 5.55. The van der Waals surface area contributed by atoms with E-state index in [1.54, 1.807) is 7.11 Å². The van der Waals surface area contributed by atoms with Crippen LogP contribution in [0.5, 0.6) is 5.75 Å². The monoisotopic (exact) mass is 333 g/mol. The fourth-order valence-corrected chi connectivity index (χ4v) is 3.20. The summed E-state index contributed by atoms with van der Waals surface area (Å²) in [7, 11) is 3.03. The minimum atomic E-state index is -0.324. The van der Waals surface area contributed by atoms with Crippen LogP contribution in [0.2, 0.25) is 0 Å². The molecule has 5 heteroatoms. The SMILES string of the molecule is COC(=O)CCC(=O)N1CCC[C@H](CCc2cccc(OC)c2)C1. The van der Waals surface area contributed by atoms with E-state index in [0.29, 0.717) is 5.92 Å². The molecule has 1 saturated heterocycles. The van der Waals surface area contributed by atoms with Gasteiger partial charge in [0.1, 0.15) is 5.75 Å². The average molecular weight is 333 g/mol. The van der Waals surface area contributed by atoms with Gasteiger partial charge in [0.05, 0.1) is 20.6 Å². The molecule has 1 heterocycles. The quantitative estimate of drug-likeness (QED) is 0.720. The molecule has 1 atom stereocenters. The first-order valence-corrected chi connectivity index (χ1v) is 8.60. The molecule has 0 bridgehead atoms. The number of esters is 1. The second-order valence-electron chi connectivity index (χ2n) is 6.31. The smallest absolute Gasteiger partial charge is 0.306 e. The molecule has 0 N–H and O–H groups in total. The number of aryl methyl sites for hydroxylation is 1. The Morgan fingerprint density at radius 1 is 1.25 bits per heavy atom. The zero-order chi connectivity index (χ0) is 17.4. The number of carbonyl (C=O) groups excluding carboxylic acids is 2. The molecule has 0 aromatic heterocycles. The average Bonchev–Trinajstić information content (AvgIpc) is 2.64. The molecule has 0 unspecified atom stereocenters. The second kappa shape index (κ2) is 9.30. The standard InChI is InChI=1S/C19H27NO4/c1-23-17-7-3-5-15(13-17)8-9-16-6-4-12-20(14-16)18(21)10-11-19(22)24-2/h3,5,7,13,16H,4,6,8-12,14H2,1-2H3/t16-/m1/s1. The van der Waals surface area contributed by atoms with Crippen LogP contribution in [0.25, 0.3) is 0 Å². The van der Waals surface area contributed by atoms with E-state index >= 15 is 0 Å². The van der Waals surface area contributed by atoms with Crippen LogP contribution in [-0.2, 0) is 20.7 Å². The third-order valence-corrected chi connectivity index (χ3v) is 4.62. The zero-order valence-corrected chi connectivity index (χ0v) is 14.6. The molecule has 1 aliphatic heterocycles. The highest BCUT2D eigenvalue weighted by atomic mass is 16.5. The summed E-state index contributed by atoms with van der Waals surface area (Å²) in [5.74, 6) is 1.14. The topological polar surface area (TPSA) is 55.8 Å². The predicted octanol–water partition coefficient (Wildman–Crippen LogP) is 2.82. The van der Waals surface area contributed by atoms with Crippen LogP contribution in [0.1, 0.15) is 37.7 Å². The van der Waals surface area contributed by atoms with Gasteiger partial charge in [-0.1, -0.05) is 12.1 Å². The van der Waals surface area contributed by atoms with Gasteiger partial charge in [-0.05, 0) is 49.3 Å². The number of ether oxygens (including phenoxy) is 2. The summed E-state index contributed by atoms with van der Waals surface area (Å²) in [6.45, 7) is 1.60. The Morgan fingerprint density at radius 2 is 2.08 bits per heavy atom. The normalized spacial score (nSPS) is 17.4. The van der Waals surface area contributed by atoms with E-state index in [1.165, 1.54) is 12.7 Å². The Labute approximate surface area is 143 Å². The van der Waals surface area contributed by atoms with E-state index in [1.807, 2.05) is 17.0 Å². The van der Waals surface area contributed by atoms with Crippen molar-refractivity contribution in [3.63, 3.8) is 0 Å². The van der Waals surface area contributed by atoms with Crippen molar-refractivity contribution >= 4 is 11.9 Å². The number of amides is 1. The zero-order valence-electron chi connectivity index (χ0n) is 14.6. The summed E-state index contributed by atoms with van der Waals surface area (Å²) in [5, 5.41) is 0. The fraction of sp³-hybridized carbons (Fsp3) is 0.579. The van der Waals surface area contributed by atoms with E-state index in [0.717, 1.165) is 44.5 Å². The van der Waals surface area contributed by atoms with E-state index < -0.39 is 0 Å². The molecule has 1 fully saturated rings. The molecule has 1 aromatic rings. The van der Waals surface area contributed by atoms with Crippen LogP contribution < -0.4 is 4.74 Å². The predicted molar refractivity (Wildman–Crippen MR) is 91.9 cm³/mol. The number of methoxy groups -OCH3 is 2. The lowest BCUT2D eigenvalue weighted by molar-refractivity contribution is -0.144. The Hall–Kier alpha value is -2.04. The van der Waals surface area contributed by atoms with Crippen molar-refractivity contribution in [3.8, 4) is 5.75 Å². The van der Waals surface area contributed by atoms with Gasteiger partial charge in [-0.2, -0.15) is 0 Å². The molecule has 0 saturated carbocycles. The van der Waals surface area contributed by atoms with E-state index in [9.17, 15) is 9.59 Å². The van der Waals surface area contributed by atoms with Gasteiger partial charge in [0.15, 0.2) is 0 Å². The molecule has 2 rings (SSSR count). The molecular formula is C19H27NO4. The Morgan fingerprint density at radius 3 is 2.83 bits per heavy atom. The lowest BCUT2D eigenvalue weighted by Gasteiger charge is -2.33. The van der Waals surface area contributed by atoms with Gasteiger partial charge in [0, 0.05) is 19.5 Å². The van der Waals surface area contributed by atoms with Crippen LogP contribution in [0.3, 0.4) is 0 Å². The van der Waals surface area contributed by atoms with Crippen molar-refractivity contribution in [1.29, 1.82) is 0 Å². The van der Waals surface area contributed by atoms with Crippen LogP contribution in [-0.4, -0.2) is 44.1 Å². The highest BCUT2D eigenvalue weighted by Crippen LogP contribution is 2.23.